The SMILES string of the molecule is COC(=O)CCc1cc(F)cnc1Cc1c(F)ccc(F)c1S(=O)(=O)c1ccc(Cl)cc1. The molecule has 10 heteroatoms. The molecule has 0 bridgehead atoms. The summed E-state index contributed by atoms with van der Waals surface area (Å²) in [6, 6.07) is 7.64. The molecule has 0 aliphatic carbocycles. The van der Waals surface area contributed by atoms with Crippen molar-refractivity contribution in [2.75, 3.05) is 7.11 Å². The lowest BCUT2D eigenvalue weighted by atomic mass is 10.0. The van der Waals surface area contributed by atoms with Crippen molar-refractivity contribution in [3.63, 3.8) is 0 Å². The van der Waals surface area contributed by atoms with E-state index in [1.54, 1.807) is 0 Å². The average Bonchev–Trinajstić information content (AvgIpc) is 2.76. The van der Waals surface area contributed by atoms with Gasteiger partial charge in [-0.1, -0.05) is 11.6 Å². The van der Waals surface area contributed by atoms with Crippen LogP contribution in [0.5, 0.6) is 0 Å². The number of methoxy groups -OCH3 is 1. The molecule has 0 fully saturated rings. The van der Waals surface area contributed by atoms with Gasteiger partial charge in [0.1, 0.15) is 22.3 Å². The van der Waals surface area contributed by atoms with Gasteiger partial charge in [0.2, 0.25) is 9.84 Å². The van der Waals surface area contributed by atoms with Crippen LogP contribution in [0.2, 0.25) is 5.02 Å². The Hall–Kier alpha value is -2.91. The minimum absolute atomic E-state index is 0.0168. The molecule has 0 atom stereocenters. The minimum Gasteiger partial charge on any atom is -0.469 e. The first-order valence-electron chi connectivity index (χ1n) is 9.31. The zero-order valence-corrected chi connectivity index (χ0v) is 18.3. The van der Waals surface area contributed by atoms with E-state index in [1.165, 1.54) is 31.4 Å². The van der Waals surface area contributed by atoms with E-state index in [1.807, 2.05) is 0 Å². The van der Waals surface area contributed by atoms with Gasteiger partial charge in [-0.2, -0.15) is 0 Å². The molecule has 0 radical (unpaired) electrons. The van der Waals surface area contributed by atoms with Crippen LogP contribution in [-0.4, -0.2) is 26.5 Å². The van der Waals surface area contributed by atoms with Crippen LogP contribution in [0.3, 0.4) is 0 Å². The van der Waals surface area contributed by atoms with Gasteiger partial charge < -0.3 is 4.74 Å². The number of aryl methyl sites for hydroxylation is 1. The smallest absolute Gasteiger partial charge is 0.305 e. The summed E-state index contributed by atoms with van der Waals surface area (Å²) in [6.07, 6.45) is 0.350. The molecule has 5 nitrogen and oxygen atoms in total. The van der Waals surface area contributed by atoms with Crippen LogP contribution in [0.25, 0.3) is 0 Å². The van der Waals surface area contributed by atoms with Crippen LogP contribution in [0.1, 0.15) is 23.2 Å². The van der Waals surface area contributed by atoms with Gasteiger partial charge in [0.15, 0.2) is 0 Å². The van der Waals surface area contributed by atoms with Crippen molar-refractivity contribution in [1.82, 2.24) is 4.98 Å². The number of ether oxygens (including phenoxy) is 1. The molecule has 3 aromatic rings. The number of aromatic nitrogens is 1. The van der Waals surface area contributed by atoms with Crippen molar-refractivity contribution in [2.24, 2.45) is 0 Å². The summed E-state index contributed by atoms with van der Waals surface area (Å²) >= 11 is 5.79. The second kappa shape index (κ2) is 9.70. The van der Waals surface area contributed by atoms with Gasteiger partial charge in [0.25, 0.3) is 0 Å². The van der Waals surface area contributed by atoms with Crippen LogP contribution in [0.4, 0.5) is 13.2 Å². The van der Waals surface area contributed by atoms with Crippen molar-refractivity contribution in [2.45, 2.75) is 29.1 Å². The monoisotopic (exact) mass is 483 g/mol. The third-order valence-corrected chi connectivity index (χ3v) is 6.87. The molecule has 0 amide bonds. The molecule has 2 aromatic carbocycles. The highest BCUT2D eigenvalue weighted by Crippen LogP contribution is 2.31. The molecule has 0 aliphatic rings. The summed E-state index contributed by atoms with van der Waals surface area (Å²) in [5.41, 5.74) is -0.111. The number of hydrogen-bond acceptors (Lipinski definition) is 5. The molecule has 1 aromatic heterocycles. The maximum atomic E-state index is 14.8. The molecule has 0 unspecified atom stereocenters. The number of sulfone groups is 1. The molecule has 3 rings (SSSR count). The van der Waals surface area contributed by atoms with E-state index < -0.39 is 50.1 Å². The Bertz CT molecular complexity index is 1260. The van der Waals surface area contributed by atoms with Crippen molar-refractivity contribution < 1.29 is 31.1 Å². The first-order valence-corrected chi connectivity index (χ1v) is 11.2. The first-order chi connectivity index (χ1) is 15.1. The van der Waals surface area contributed by atoms with Gasteiger partial charge in [-0.15, -0.1) is 0 Å². The number of carbonyl (C=O) groups excluding carboxylic acids is 1. The average molecular weight is 484 g/mol. The molecule has 0 spiro atoms. The maximum Gasteiger partial charge on any atom is 0.305 e. The van der Waals surface area contributed by atoms with Crippen LogP contribution in [-0.2, 0) is 32.2 Å². The van der Waals surface area contributed by atoms with E-state index in [0.717, 1.165) is 24.4 Å². The summed E-state index contributed by atoms with van der Waals surface area (Å²) in [7, 11) is -3.26. The van der Waals surface area contributed by atoms with Gasteiger partial charge in [-0.3, -0.25) is 9.78 Å². The third-order valence-electron chi connectivity index (χ3n) is 4.74. The zero-order chi connectivity index (χ0) is 23.5. The first kappa shape index (κ1) is 23.7. The molecular weight excluding hydrogens is 467 g/mol. The summed E-state index contributed by atoms with van der Waals surface area (Å²) < 4.78 is 74.1. The van der Waals surface area contributed by atoms with Crippen LogP contribution >= 0.6 is 11.6 Å². The lowest BCUT2D eigenvalue weighted by Gasteiger charge is -2.15. The number of carbonyl (C=O) groups is 1. The number of benzene rings is 2. The molecule has 32 heavy (non-hydrogen) atoms. The number of pyridine rings is 1. The zero-order valence-electron chi connectivity index (χ0n) is 16.7. The predicted octanol–water partition coefficient (Wildman–Crippen LogP) is 4.68. The van der Waals surface area contributed by atoms with Gasteiger partial charge in [-0.05, 0) is 54.4 Å². The Morgan fingerprint density at radius 2 is 1.72 bits per heavy atom. The lowest BCUT2D eigenvalue weighted by Crippen LogP contribution is -2.13. The fourth-order valence-electron chi connectivity index (χ4n) is 3.15. The van der Waals surface area contributed by atoms with E-state index in [2.05, 4.69) is 9.72 Å². The van der Waals surface area contributed by atoms with Gasteiger partial charge in [-0.25, -0.2) is 21.6 Å². The van der Waals surface area contributed by atoms with E-state index >= 15 is 0 Å². The van der Waals surface area contributed by atoms with Gasteiger partial charge in [0.05, 0.1) is 18.2 Å². The highest BCUT2D eigenvalue weighted by atomic mass is 35.5. The summed E-state index contributed by atoms with van der Waals surface area (Å²) in [5.74, 6) is -3.36. The molecule has 0 saturated carbocycles. The summed E-state index contributed by atoms with van der Waals surface area (Å²) in [4.78, 5) is 14.3. The van der Waals surface area contributed by atoms with E-state index in [0.29, 0.717) is 0 Å². The summed E-state index contributed by atoms with van der Waals surface area (Å²) in [6.45, 7) is 0. The molecular formula is C22H17ClF3NO4S. The Kier molecular flexibility index (Phi) is 7.20. The van der Waals surface area contributed by atoms with Crippen molar-refractivity contribution >= 4 is 27.4 Å². The molecule has 1 heterocycles. The number of rotatable bonds is 7. The molecule has 0 N–H and O–H groups in total. The minimum atomic E-state index is -4.46. The second-order valence-electron chi connectivity index (χ2n) is 6.81. The number of nitrogens with zero attached hydrogens (tertiary/aromatic N) is 1. The second-order valence-corrected chi connectivity index (χ2v) is 9.13. The maximum absolute atomic E-state index is 14.8. The van der Waals surface area contributed by atoms with E-state index in [-0.39, 0.29) is 34.0 Å². The number of esters is 1. The van der Waals surface area contributed by atoms with E-state index in [9.17, 15) is 26.4 Å². The Labute approximate surface area is 187 Å². The largest absolute Gasteiger partial charge is 0.469 e. The highest BCUT2D eigenvalue weighted by molar-refractivity contribution is 7.91. The quantitative estimate of drug-likeness (QED) is 0.456. The van der Waals surface area contributed by atoms with E-state index in [4.69, 9.17) is 11.6 Å². The Balaban J connectivity index is 2.10. The standard InChI is InChI=1S/C22H17ClF3NO4S/c1-31-21(28)9-2-13-10-15(24)12-27-20(13)11-17-18(25)7-8-19(26)22(17)32(29,30)16-5-3-14(23)4-6-16/h3-8,10,12H,2,9,11H2,1H3. The fourth-order valence-corrected chi connectivity index (χ4v) is 4.83. The molecule has 0 aliphatic heterocycles. The van der Waals surface area contributed by atoms with Crippen molar-refractivity contribution in [3.05, 3.63) is 88.0 Å². The van der Waals surface area contributed by atoms with Crippen LogP contribution in [0, 0.1) is 17.5 Å². The van der Waals surface area contributed by atoms with Crippen LogP contribution in [0.15, 0.2) is 58.5 Å². The van der Waals surface area contributed by atoms with Gasteiger partial charge >= 0.3 is 5.97 Å². The Morgan fingerprint density at radius 1 is 1.06 bits per heavy atom. The van der Waals surface area contributed by atoms with Crippen molar-refractivity contribution in [3.8, 4) is 0 Å². The number of halogens is 4. The fraction of sp³-hybridized carbons (Fsp3) is 0.182. The highest BCUT2D eigenvalue weighted by Gasteiger charge is 2.28. The van der Waals surface area contributed by atoms with Gasteiger partial charge in [0, 0.05) is 29.1 Å². The number of hydrogen-bond donors (Lipinski definition) is 0. The normalized spacial score (nSPS) is 11.4. The lowest BCUT2D eigenvalue weighted by molar-refractivity contribution is -0.140. The Morgan fingerprint density at radius 3 is 2.38 bits per heavy atom. The summed E-state index contributed by atoms with van der Waals surface area (Å²) in [5, 5.41) is 0.273. The predicted molar refractivity (Wildman–Crippen MR) is 111 cm³/mol. The topological polar surface area (TPSA) is 73.3 Å². The van der Waals surface area contributed by atoms with Crippen molar-refractivity contribution in [1.29, 1.82) is 0 Å². The molecule has 168 valence electrons. The molecule has 0 saturated heterocycles. The third kappa shape index (κ3) is 5.11. The van der Waals surface area contributed by atoms with Crippen LogP contribution < -0.4 is 0 Å².